The van der Waals surface area contributed by atoms with Gasteiger partial charge in [0.1, 0.15) is 5.49 Å². The van der Waals surface area contributed by atoms with E-state index in [0.717, 1.165) is 38.1 Å². The van der Waals surface area contributed by atoms with Crippen LogP contribution < -0.4 is 5.49 Å². The number of hydrogen-bond donors (Lipinski definition) is 2. The SMILES string of the molecule is Cn1cc(-c2ccc(=N)n(C(=N)Sc3ccc4ncc(-c5cnn(C)c5)c(Cl)c4c3)c2)cn1. The molecular weight excluding hydrogens is 456 g/mol. The fraction of sp³-hybridized carbons (Fsp3) is 0.0870. The second-order valence-electron chi connectivity index (χ2n) is 7.55. The Hall–Kier alpha value is -3.69. The lowest BCUT2D eigenvalue weighted by Gasteiger charge is -2.11. The fourth-order valence-electron chi connectivity index (χ4n) is 3.53. The van der Waals surface area contributed by atoms with Crippen LogP contribution in [0.4, 0.5) is 0 Å². The monoisotopic (exact) mass is 474 g/mol. The first kappa shape index (κ1) is 21.2. The molecule has 0 spiro atoms. The number of hydrogen-bond acceptors (Lipinski definition) is 6. The first-order valence-electron chi connectivity index (χ1n) is 9.99. The fourth-order valence-corrected chi connectivity index (χ4v) is 4.63. The molecule has 10 heteroatoms. The second-order valence-corrected chi connectivity index (χ2v) is 8.99. The third kappa shape index (κ3) is 4.08. The van der Waals surface area contributed by atoms with Crippen molar-refractivity contribution in [3.63, 3.8) is 0 Å². The van der Waals surface area contributed by atoms with E-state index in [2.05, 4.69) is 15.2 Å². The highest BCUT2D eigenvalue weighted by atomic mass is 35.5. The van der Waals surface area contributed by atoms with Gasteiger partial charge in [0.25, 0.3) is 0 Å². The number of pyridine rings is 2. The molecule has 8 nitrogen and oxygen atoms in total. The number of aromatic nitrogens is 6. The highest BCUT2D eigenvalue weighted by Crippen LogP contribution is 2.35. The third-order valence-electron chi connectivity index (χ3n) is 5.21. The first-order valence-corrected chi connectivity index (χ1v) is 11.2. The van der Waals surface area contributed by atoms with Crippen LogP contribution in [-0.2, 0) is 14.1 Å². The summed E-state index contributed by atoms with van der Waals surface area (Å²) in [5.41, 5.74) is 4.51. The maximum atomic E-state index is 8.64. The summed E-state index contributed by atoms with van der Waals surface area (Å²) in [6, 6.07) is 9.26. The Balaban J connectivity index is 1.48. The summed E-state index contributed by atoms with van der Waals surface area (Å²) in [5.74, 6) is 0. The Morgan fingerprint density at radius 3 is 2.33 bits per heavy atom. The van der Waals surface area contributed by atoms with Crippen LogP contribution in [0.3, 0.4) is 0 Å². The van der Waals surface area contributed by atoms with Crippen LogP contribution >= 0.6 is 23.4 Å². The number of benzene rings is 1. The van der Waals surface area contributed by atoms with E-state index in [0.29, 0.717) is 5.02 Å². The highest BCUT2D eigenvalue weighted by Gasteiger charge is 2.13. The number of thioether (sulfide) groups is 1. The zero-order valence-electron chi connectivity index (χ0n) is 17.8. The van der Waals surface area contributed by atoms with Crippen LogP contribution in [0.15, 0.2) is 72.4 Å². The molecule has 5 rings (SSSR count). The minimum Gasteiger partial charge on any atom is -0.284 e. The van der Waals surface area contributed by atoms with Crippen molar-refractivity contribution < 1.29 is 0 Å². The lowest BCUT2D eigenvalue weighted by molar-refractivity contribution is 0.768. The third-order valence-corrected chi connectivity index (χ3v) is 6.50. The van der Waals surface area contributed by atoms with Crippen molar-refractivity contribution in [2.45, 2.75) is 4.90 Å². The Bertz CT molecular complexity index is 1580. The average Bonchev–Trinajstić information content (AvgIpc) is 3.43. The molecule has 0 unspecified atom stereocenters. The molecule has 0 radical (unpaired) electrons. The predicted octanol–water partition coefficient (Wildman–Crippen LogP) is 4.55. The molecule has 0 bridgehead atoms. The first-order chi connectivity index (χ1) is 15.9. The molecule has 0 aliphatic heterocycles. The van der Waals surface area contributed by atoms with Gasteiger partial charge in [0.2, 0.25) is 0 Å². The molecule has 0 aliphatic rings. The molecule has 0 aliphatic carbocycles. The number of rotatable bonds is 3. The lowest BCUT2D eigenvalue weighted by atomic mass is 10.1. The van der Waals surface area contributed by atoms with Crippen LogP contribution in [0.2, 0.25) is 5.02 Å². The van der Waals surface area contributed by atoms with Crippen LogP contribution in [0, 0.1) is 10.8 Å². The summed E-state index contributed by atoms with van der Waals surface area (Å²) in [6.07, 6.45) is 10.8. The van der Waals surface area contributed by atoms with Crippen molar-refractivity contribution in [3.8, 4) is 22.3 Å². The van der Waals surface area contributed by atoms with E-state index in [1.807, 2.05) is 50.8 Å². The van der Waals surface area contributed by atoms with Gasteiger partial charge in [-0.05, 0) is 30.3 Å². The van der Waals surface area contributed by atoms with Crippen molar-refractivity contribution in [2.24, 2.45) is 14.1 Å². The van der Waals surface area contributed by atoms with E-state index in [4.69, 9.17) is 22.4 Å². The largest absolute Gasteiger partial charge is 0.284 e. The van der Waals surface area contributed by atoms with Crippen LogP contribution in [0.25, 0.3) is 33.2 Å². The highest BCUT2D eigenvalue weighted by molar-refractivity contribution is 8.13. The maximum absolute atomic E-state index is 8.64. The molecule has 1 aromatic carbocycles. The minimum atomic E-state index is 0.206. The minimum absolute atomic E-state index is 0.206. The number of fused-ring (bicyclic) bond motifs is 1. The summed E-state index contributed by atoms with van der Waals surface area (Å²) >= 11 is 8.00. The normalized spacial score (nSPS) is 11.2. The predicted molar refractivity (Wildman–Crippen MR) is 130 cm³/mol. The van der Waals surface area contributed by atoms with E-state index in [1.54, 1.807) is 44.8 Å². The molecule has 4 aromatic heterocycles. The van der Waals surface area contributed by atoms with E-state index < -0.39 is 0 Å². The molecule has 33 heavy (non-hydrogen) atoms. The smallest absolute Gasteiger partial charge is 0.171 e. The van der Waals surface area contributed by atoms with Gasteiger partial charge >= 0.3 is 0 Å². The van der Waals surface area contributed by atoms with Crippen molar-refractivity contribution in [3.05, 3.63) is 78.0 Å². The quantitative estimate of drug-likeness (QED) is 0.227. The van der Waals surface area contributed by atoms with Crippen LogP contribution in [0.1, 0.15) is 0 Å². The van der Waals surface area contributed by atoms with Gasteiger partial charge in [0.15, 0.2) is 5.17 Å². The Kier molecular flexibility index (Phi) is 5.35. The Labute approximate surface area is 198 Å². The van der Waals surface area contributed by atoms with Crippen molar-refractivity contribution >= 4 is 39.4 Å². The van der Waals surface area contributed by atoms with Crippen molar-refractivity contribution in [2.75, 3.05) is 0 Å². The number of aryl methyl sites for hydroxylation is 2. The second kappa shape index (κ2) is 8.34. The molecule has 0 fully saturated rings. The molecule has 4 heterocycles. The van der Waals surface area contributed by atoms with Crippen LogP contribution in [0.5, 0.6) is 0 Å². The molecule has 0 amide bonds. The van der Waals surface area contributed by atoms with E-state index in [-0.39, 0.29) is 10.7 Å². The molecular formula is C23H19ClN8S. The van der Waals surface area contributed by atoms with Gasteiger partial charge in [0, 0.05) is 71.4 Å². The number of halogens is 1. The van der Waals surface area contributed by atoms with Gasteiger partial charge in [0.05, 0.1) is 22.9 Å². The molecule has 5 aromatic rings. The summed E-state index contributed by atoms with van der Waals surface area (Å²) in [7, 11) is 3.71. The van der Waals surface area contributed by atoms with Gasteiger partial charge in [-0.2, -0.15) is 10.2 Å². The molecule has 0 saturated carbocycles. The van der Waals surface area contributed by atoms with Crippen LogP contribution in [-0.4, -0.2) is 34.3 Å². The number of nitrogens with one attached hydrogen (secondary N) is 2. The zero-order valence-corrected chi connectivity index (χ0v) is 19.4. The summed E-state index contributed by atoms with van der Waals surface area (Å²) in [5, 5.41) is 26.9. The van der Waals surface area contributed by atoms with Gasteiger partial charge in [-0.3, -0.25) is 29.7 Å². The molecule has 0 atom stereocenters. The molecule has 2 N–H and O–H groups in total. The standard InChI is InChI=1S/C23H19ClN8S/c1-30-11-15(8-28-30)14-3-6-21(25)32(13-14)23(26)33-17-4-5-20-18(7-17)22(24)19(10-27-20)16-9-29-31(2)12-16/h3-13,25-26H,1-2H3. The molecule has 0 saturated heterocycles. The van der Waals surface area contributed by atoms with Gasteiger partial charge in [-0.25, -0.2) is 0 Å². The zero-order chi connectivity index (χ0) is 23.1. The van der Waals surface area contributed by atoms with Crippen molar-refractivity contribution in [1.29, 1.82) is 10.8 Å². The lowest BCUT2D eigenvalue weighted by Crippen LogP contribution is -2.23. The summed E-state index contributed by atoms with van der Waals surface area (Å²) in [4.78, 5) is 5.37. The Morgan fingerprint density at radius 2 is 1.64 bits per heavy atom. The van der Waals surface area contributed by atoms with Crippen molar-refractivity contribution in [1.82, 2.24) is 29.1 Å². The van der Waals surface area contributed by atoms with E-state index >= 15 is 0 Å². The van der Waals surface area contributed by atoms with Gasteiger partial charge in [-0.15, -0.1) is 0 Å². The maximum Gasteiger partial charge on any atom is 0.171 e. The Morgan fingerprint density at radius 1 is 0.909 bits per heavy atom. The summed E-state index contributed by atoms with van der Waals surface area (Å²) in [6.45, 7) is 0. The number of nitrogens with zero attached hydrogens (tertiary/aromatic N) is 6. The molecule has 164 valence electrons. The van der Waals surface area contributed by atoms with E-state index in [1.165, 1.54) is 11.8 Å². The average molecular weight is 475 g/mol. The summed E-state index contributed by atoms with van der Waals surface area (Å²) < 4.78 is 4.99. The topological polar surface area (TPSA) is 101 Å². The van der Waals surface area contributed by atoms with Gasteiger partial charge in [-0.1, -0.05) is 23.4 Å². The van der Waals surface area contributed by atoms with Gasteiger partial charge < -0.3 is 0 Å². The van der Waals surface area contributed by atoms with E-state index in [9.17, 15) is 0 Å².